The lowest BCUT2D eigenvalue weighted by Crippen LogP contribution is -2.47. The van der Waals surface area contributed by atoms with Crippen molar-refractivity contribution in [2.75, 3.05) is 18.4 Å². The van der Waals surface area contributed by atoms with Gasteiger partial charge in [-0.05, 0) is 47.9 Å². The average molecular weight is 461 g/mol. The van der Waals surface area contributed by atoms with Crippen LogP contribution in [0.25, 0.3) is 10.8 Å². The molecule has 3 aromatic rings. The first kappa shape index (κ1) is 24.2. The van der Waals surface area contributed by atoms with E-state index in [1.165, 1.54) is 0 Å². The molecule has 0 saturated heterocycles. The summed E-state index contributed by atoms with van der Waals surface area (Å²) in [6, 6.07) is 21.1. The molecule has 0 radical (unpaired) electrons. The second-order valence-electron chi connectivity index (χ2n) is 7.67. The summed E-state index contributed by atoms with van der Waals surface area (Å²) in [5.74, 6) is -1.27. The molecule has 0 aliphatic carbocycles. The molecule has 0 saturated carbocycles. The lowest BCUT2D eigenvalue weighted by molar-refractivity contribution is -0.126. The second-order valence-corrected chi connectivity index (χ2v) is 7.67. The van der Waals surface area contributed by atoms with E-state index in [0.29, 0.717) is 30.6 Å². The smallest absolute Gasteiger partial charge is 0.251 e. The number of rotatable bonds is 10. The number of nitrogens with two attached hydrogens (primary N) is 2. The Balaban J connectivity index is 1.62. The molecule has 9 heteroatoms. The van der Waals surface area contributed by atoms with Gasteiger partial charge in [0.15, 0.2) is 5.96 Å². The SMILES string of the molecule is NC(N)=NCCC[C@H](NC(=O)CNC(=O)c1ccccc1)C(=O)Nc1ccc2ccccc2c1. The van der Waals surface area contributed by atoms with Crippen LogP contribution in [0.4, 0.5) is 5.69 Å². The highest BCUT2D eigenvalue weighted by Crippen LogP contribution is 2.19. The fourth-order valence-electron chi connectivity index (χ4n) is 3.37. The van der Waals surface area contributed by atoms with Gasteiger partial charge in [0.05, 0.1) is 6.54 Å². The van der Waals surface area contributed by atoms with Crippen LogP contribution in [0.2, 0.25) is 0 Å². The summed E-state index contributed by atoms with van der Waals surface area (Å²) in [4.78, 5) is 41.6. The van der Waals surface area contributed by atoms with Crippen molar-refractivity contribution >= 4 is 40.1 Å². The van der Waals surface area contributed by atoms with Gasteiger partial charge in [0.2, 0.25) is 11.8 Å². The first-order valence-corrected chi connectivity index (χ1v) is 10.9. The molecule has 3 aromatic carbocycles. The van der Waals surface area contributed by atoms with Crippen molar-refractivity contribution in [1.82, 2.24) is 10.6 Å². The van der Waals surface area contributed by atoms with Crippen molar-refractivity contribution < 1.29 is 14.4 Å². The topological polar surface area (TPSA) is 152 Å². The Kier molecular flexibility index (Phi) is 8.56. The zero-order chi connectivity index (χ0) is 24.3. The molecule has 34 heavy (non-hydrogen) atoms. The van der Waals surface area contributed by atoms with Gasteiger partial charge in [0.1, 0.15) is 6.04 Å². The van der Waals surface area contributed by atoms with Crippen LogP contribution in [0.5, 0.6) is 0 Å². The highest BCUT2D eigenvalue weighted by molar-refractivity contribution is 6.00. The van der Waals surface area contributed by atoms with Crippen molar-refractivity contribution in [2.24, 2.45) is 16.5 Å². The normalized spacial score (nSPS) is 11.3. The van der Waals surface area contributed by atoms with Crippen LogP contribution in [0.15, 0.2) is 77.8 Å². The van der Waals surface area contributed by atoms with Gasteiger partial charge in [-0.15, -0.1) is 0 Å². The molecule has 0 heterocycles. The van der Waals surface area contributed by atoms with Gasteiger partial charge in [-0.25, -0.2) is 0 Å². The maximum atomic E-state index is 13.0. The monoisotopic (exact) mass is 460 g/mol. The van der Waals surface area contributed by atoms with Crippen LogP contribution < -0.4 is 27.4 Å². The molecule has 0 bridgehead atoms. The number of aliphatic imine (C=N–C) groups is 1. The van der Waals surface area contributed by atoms with Gasteiger partial charge in [-0.1, -0.05) is 48.5 Å². The van der Waals surface area contributed by atoms with Gasteiger partial charge in [0, 0.05) is 17.8 Å². The summed E-state index contributed by atoms with van der Waals surface area (Å²) < 4.78 is 0. The molecule has 3 rings (SSSR count). The Morgan fingerprint density at radius 1 is 0.882 bits per heavy atom. The lowest BCUT2D eigenvalue weighted by atomic mass is 10.1. The zero-order valence-electron chi connectivity index (χ0n) is 18.7. The number of nitrogens with one attached hydrogen (secondary N) is 3. The number of fused-ring (bicyclic) bond motifs is 1. The Labute approximate surface area is 197 Å². The van der Waals surface area contributed by atoms with Crippen LogP contribution in [0.3, 0.4) is 0 Å². The number of nitrogens with zero attached hydrogens (tertiary/aromatic N) is 1. The van der Waals surface area contributed by atoms with Crippen molar-refractivity contribution in [2.45, 2.75) is 18.9 Å². The van der Waals surface area contributed by atoms with Crippen LogP contribution in [0.1, 0.15) is 23.2 Å². The van der Waals surface area contributed by atoms with Gasteiger partial charge in [-0.3, -0.25) is 19.4 Å². The van der Waals surface area contributed by atoms with Gasteiger partial charge >= 0.3 is 0 Å². The van der Waals surface area contributed by atoms with Gasteiger partial charge in [-0.2, -0.15) is 0 Å². The minimum Gasteiger partial charge on any atom is -0.370 e. The Morgan fingerprint density at radius 2 is 1.59 bits per heavy atom. The highest BCUT2D eigenvalue weighted by atomic mass is 16.2. The third-order valence-corrected chi connectivity index (χ3v) is 5.06. The molecule has 0 fully saturated rings. The highest BCUT2D eigenvalue weighted by Gasteiger charge is 2.21. The Hall–Kier alpha value is -4.40. The minimum atomic E-state index is -0.832. The molecule has 9 nitrogen and oxygen atoms in total. The summed E-state index contributed by atoms with van der Waals surface area (Å²) >= 11 is 0. The van der Waals surface area contributed by atoms with Crippen LogP contribution in [-0.2, 0) is 9.59 Å². The number of benzene rings is 3. The summed E-state index contributed by atoms with van der Waals surface area (Å²) in [5.41, 5.74) is 11.8. The van der Waals surface area contributed by atoms with Crippen molar-refractivity contribution in [1.29, 1.82) is 0 Å². The summed E-state index contributed by atoms with van der Waals surface area (Å²) in [5, 5.41) is 10.1. The van der Waals surface area contributed by atoms with Crippen molar-refractivity contribution in [3.05, 3.63) is 78.4 Å². The van der Waals surface area contributed by atoms with E-state index in [9.17, 15) is 14.4 Å². The van der Waals surface area contributed by atoms with E-state index in [4.69, 9.17) is 11.5 Å². The van der Waals surface area contributed by atoms with Crippen LogP contribution >= 0.6 is 0 Å². The number of hydrogen-bond acceptors (Lipinski definition) is 4. The molecule has 7 N–H and O–H groups in total. The third-order valence-electron chi connectivity index (χ3n) is 5.06. The molecule has 0 aliphatic rings. The van der Waals surface area contributed by atoms with Crippen molar-refractivity contribution in [3.63, 3.8) is 0 Å². The van der Waals surface area contributed by atoms with Crippen molar-refractivity contribution in [3.8, 4) is 0 Å². The molecule has 0 aromatic heterocycles. The molecule has 0 aliphatic heterocycles. The number of carbonyl (C=O) groups is 3. The molecule has 3 amide bonds. The van der Waals surface area contributed by atoms with Crippen LogP contribution in [-0.4, -0.2) is 42.8 Å². The number of anilines is 1. The first-order chi connectivity index (χ1) is 16.4. The third kappa shape index (κ3) is 7.33. The van der Waals surface area contributed by atoms with Gasteiger partial charge in [0.25, 0.3) is 5.91 Å². The number of hydrogen-bond donors (Lipinski definition) is 5. The molecule has 1 atom stereocenters. The minimum absolute atomic E-state index is 0.0372. The van der Waals surface area contributed by atoms with E-state index in [-0.39, 0.29) is 24.3 Å². The number of carbonyl (C=O) groups excluding carboxylic acids is 3. The summed E-state index contributed by atoms with van der Waals surface area (Å²) in [7, 11) is 0. The van der Waals surface area contributed by atoms with Crippen LogP contribution in [0, 0.1) is 0 Å². The number of amides is 3. The standard InChI is InChI=1S/C25H28N6O3/c26-25(27)28-14-6-11-21(31-22(32)16-29-23(33)18-8-2-1-3-9-18)24(34)30-20-13-12-17-7-4-5-10-19(17)15-20/h1-5,7-10,12-13,15,21H,6,11,14,16H2,(H,29,33)(H,30,34)(H,31,32)(H4,26,27,28)/t21-/m0/s1. The van der Waals surface area contributed by atoms with E-state index in [2.05, 4.69) is 20.9 Å². The largest absolute Gasteiger partial charge is 0.370 e. The summed E-state index contributed by atoms with van der Waals surface area (Å²) in [6.45, 7) is 0.0596. The van der Waals surface area contributed by atoms with E-state index >= 15 is 0 Å². The maximum Gasteiger partial charge on any atom is 0.251 e. The lowest BCUT2D eigenvalue weighted by Gasteiger charge is -2.19. The maximum absolute atomic E-state index is 13.0. The molecular weight excluding hydrogens is 432 g/mol. The zero-order valence-corrected chi connectivity index (χ0v) is 18.7. The fraction of sp³-hybridized carbons (Fsp3) is 0.200. The summed E-state index contributed by atoms with van der Waals surface area (Å²) in [6.07, 6.45) is 0.791. The molecule has 0 spiro atoms. The predicted molar refractivity (Wildman–Crippen MR) is 133 cm³/mol. The molecule has 176 valence electrons. The second kappa shape index (κ2) is 12.0. The Morgan fingerprint density at radius 3 is 2.32 bits per heavy atom. The molecular formula is C25H28N6O3. The number of guanidine groups is 1. The van der Waals surface area contributed by atoms with Gasteiger partial charge < -0.3 is 27.4 Å². The molecule has 0 unspecified atom stereocenters. The fourth-order valence-corrected chi connectivity index (χ4v) is 3.37. The first-order valence-electron chi connectivity index (χ1n) is 10.9. The Bertz CT molecular complexity index is 1180. The van der Waals surface area contributed by atoms with E-state index in [1.807, 2.05) is 36.4 Å². The van der Waals surface area contributed by atoms with E-state index < -0.39 is 11.9 Å². The van der Waals surface area contributed by atoms with E-state index in [1.54, 1.807) is 36.4 Å². The predicted octanol–water partition coefficient (Wildman–Crippen LogP) is 1.75. The quantitative estimate of drug-likeness (QED) is 0.177. The average Bonchev–Trinajstić information content (AvgIpc) is 2.84. The van der Waals surface area contributed by atoms with E-state index in [0.717, 1.165) is 10.8 Å².